The molecule has 1 heterocycles. The van der Waals surface area contributed by atoms with Crippen LogP contribution >= 0.6 is 11.6 Å². The predicted molar refractivity (Wildman–Crippen MR) is 38.0 cm³/mol. The first-order valence-electron chi connectivity index (χ1n) is 3.34. The van der Waals surface area contributed by atoms with Gasteiger partial charge in [-0.2, -0.15) is 0 Å². The monoisotopic (exact) mass is 157 g/mol. The van der Waals surface area contributed by atoms with Crippen molar-refractivity contribution in [2.75, 3.05) is 0 Å². The molecule has 0 bridgehead atoms. The second kappa shape index (κ2) is 1.95. The van der Waals surface area contributed by atoms with E-state index in [-0.39, 0.29) is 0 Å². The normalized spacial score (nSPS) is 17.8. The Kier molecular flexibility index (Phi) is 1.20. The van der Waals surface area contributed by atoms with E-state index in [9.17, 15) is 0 Å². The predicted octanol–water partition coefficient (Wildman–Crippen LogP) is 1.35. The lowest BCUT2D eigenvalue weighted by Crippen LogP contribution is -1.96. The fraction of sp³-hybridized carbons (Fsp3) is 0.667. The lowest BCUT2D eigenvalue weighted by atomic mass is 10.4. The van der Waals surface area contributed by atoms with Crippen LogP contribution in [0.5, 0.6) is 0 Å². The van der Waals surface area contributed by atoms with E-state index in [0.717, 1.165) is 5.82 Å². The van der Waals surface area contributed by atoms with Gasteiger partial charge in [0.25, 0.3) is 0 Å². The van der Waals surface area contributed by atoms with Crippen molar-refractivity contribution in [3.8, 4) is 0 Å². The average Bonchev–Trinajstić information content (AvgIpc) is 2.61. The van der Waals surface area contributed by atoms with E-state index in [4.69, 9.17) is 11.6 Å². The molecule has 1 aliphatic carbocycles. The number of rotatable bonds is 1. The lowest BCUT2D eigenvalue weighted by Gasteiger charge is -1.92. The number of aryl methyl sites for hydroxylation is 1. The van der Waals surface area contributed by atoms with Crippen LogP contribution in [0.25, 0.3) is 0 Å². The fourth-order valence-electron chi connectivity index (χ4n) is 1.06. The maximum Gasteiger partial charge on any atom is 0.242 e. The van der Waals surface area contributed by atoms with Crippen LogP contribution in [0, 0.1) is 0 Å². The highest BCUT2D eigenvalue weighted by Crippen LogP contribution is 2.38. The van der Waals surface area contributed by atoms with Gasteiger partial charge in [-0.3, -0.25) is 4.68 Å². The van der Waals surface area contributed by atoms with Crippen molar-refractivity contribution in [2.45, 2.75) is 18.8 Å². The minimum Gasteiger partial charge on any atom is -0.251 e. The van der Waals surface area contributed by atoms with Gasteiger partial charge in [-0.05, 0) is 24.4 Å². The van der Waals surface area contributed by atoms with Crippen molar-refractivity contribution < 1.29 is 0 Å². The van der Waals surface area contributed by atoms with Crippen LogP contribution in [-0.4, -0.2) is 14.8 Å². The first kappa shape index (κ1) is 6.16. The number of hydrogen-bond acceptors (Lipinski definition) is 2. The first-order valence-corrected chi connectivity index (χ1v) is 3.71. The summed E-state index contributed by atoms with van der Waals surface area (Å²) in [5, 5.41) is 4.31. The Labute approximate surface area is 64.0 Å². The fourth-order valence-corrected chi connectivity index (χ4v) is 1.26. The van der Waals surface area contributed by atoms with E-state index >= 15 is 0 Å². The molecular formula is C6H8ClN3. The molecule has 4 heteroatoms. The van der Waals surface area contributed by atoms with Crippen molar-refractivity contribution in [2.24, 2.45) is 7.05 Å². The van der Waals surface area contributed by atoms with Crippen molar-refractivity contribution in [3.05, 3.63) is 11.1 Å². The third-order valence-corrected chi connectivity index (χ3v) is 1.87. The third kappa shape index (κ3) is 0.904. The van der Waals surface area contributed by atoms with Crippen LogP contribution < -0.4 is 0 Å². The summed E-state index contributed by atoms with van der Waals surface area (Å²) in [6.45, 7) is 0. The maximum absolute atomic E-state index is 5.59. The molecule has 0 atom stereocenters. The minimum atomic E-state index is 0.365. The molecule has 1 aromatic heterocycles. The molecule has 0 aromatic carbocycles. The maximum atomic E-state index is 5.59. The second-order valence-electron chi connectivity index (χ2n) is 2.64. The molecule has 1 fully saturated rings. The Bertz CT molecular complexity index is 251. The van der Waals surface area contributed by atoms with Crippen molar-refractivity contribution in [1.29, 1.82) is 0 Å². The molecule has 0 radical (unpaired) electrons. The number of hydrogen-bond donors (Lipinski definition) is 0. The SMILES string of the molecule is Cn1nc(Cl)nc1C1CC1. The quantitative estimate of drug-likeness (QED) is 0.616. The van der Waals surface area contributed by atoms with E-state index in [2.05, 4.69) is 10.1 Å². The van der Waals surface area contributed by atoms with Gasteiger partial charge in [-0.25, -0.2) is 4.98 Å². The van der Waals surface area contributed by atoms with E-state index in [0.29, 0.717) is 11.2 Å². The van der Waals surface area contributed by atoms with E-state index < -0.39 is 0 Å². The Balaban J connectivity index is 2.38. The van der Waals surface area contributed by atoms with Gasteiger partial charge in [-0.1, -0.05) is 0 Å². The van der Waals surface area contributed by atoms with Crippen LogP contribution in [0.1, 0.15) is 24.6 Å². The first-order chi connectivity index (χ1) is 4.77. The van der Waals surface area contributed by atoms with E-state index in [1.165, 1.54) is 12.8 Å². The summed E-state index contributed by atoms with van der Waals surface area (Å²) < 4.78 is 1.76. The summed E-state index contributed by atoms with van der Waals surface area (Å²) in [5.74, 6) is 1.66. The van der Waals surface area contributed by atoms with Crippen LogP contribution in [0.4, 0.5) is 0 Å². The van der Waals surface area contributed by atoms with Gasteiger partial charge >= 0.3 is 0 Å². The molecule has 1 aromatic rings. The zero-order valence-electron chi connectivity index (χ0n) is 5.71. The summed E-state index contributed by atoms with van der Waals surface area (Å²) in [5.41, 5.74) is 0. The highest BCUT2D eigenvalue weighted by molar-refractivity contribution is 6.28. The van der Waals surface area contributed by atoms with Crippen LogP contribution in [0.2, 0.25) is 5.28 Å². The Morgan fingerprint density at radius 3 is 2.70 bits per heavy atom. The highest BCUT2D eigenvalue weighted by Gasteiger charge is 2.28. The van der Waals surface area contributed by atoms with Crippen LogP contribution in [-0.2, 0) is 7.05 Å². The zero-order chi connectivity index (χ0) is 7.14. The van der Waals surface area contributed by atoms with Crippen molar-refractivity contribution >= 4 is 11.6 Å². The Morgan fingerprint density at radius 2 is 2.30 bits per heavy atom. The number of halogens is 1. The molecular weight excluding hydrogens is 150 g/mol. The molecule has 2 rings (SSSR count). The smallest absolute Gasteiger partial charge is 0.242 e. The molecule has 0 aliphatic heterocycles. The molecule has 0 saturated heterocycles. The van der Waals surface area contributed by atoms with Gasteiger partial charge in [0.15, 0.2) is 0 Å². The largest absolute Gasteiger partial charge is 0.251 e. The molecule has 0 unspecified atom stereocenters. The van der Waals surface area contributed by atoms with Gasteiger partial charge in [-0.15, -0.1) is 5.10 Å². The summed E-state index contributed by atoms with van der Waals surface area (Å²) in [6.07, 6.45) is 2.48. The molecule has 1 aliphatic rings. The topological polar surface area (TPSA) is 30.7 Å². The molecule has 3 nitrogen and oxygen atoms in total. The van der Waals surface area contributed by atoms with E-state index in [1.807, 2.05) is 7.05 Å². The summed E-state index contributed by atoms with van der Waals surface area (Å²) in [7, 11) is 1.88. The molecule has 0 amide bonds. The lowest BCUT2D eigenvalue weighted by molar-refractivity contribution is 0.704. The molecule has 54 valence electrons. The van der Waals surface area contributed by atoms with Crippen LogP contribution in [0.15, 0.2) is 0 Å². The molecule has 1 saturated carbocycles. The number of nitrogens with zero attached hydrogens (tertiary/aromatic N) is 3. The molecule has 0 spiro atoms. The van der Waals surface area contributed by atoms with Crippen LogP contribution in [0.3, 0.4) is 0 Å². The number of aromatic nitrogens is 3. The second-order valence-corrected chi connectivity index (χ2v) is 2.97. The summed E-state index contributed by atoms with van der Waals surface area (Å²) >= 11 is 5.59. The van der Waals surface area contributed by atoms with Gasteiger partial charge < -0.3 is 0 Å². The van der Waals surface area contributed by atoms with E-state index in [1.54, 1.807) is 4.68 Å². The minimum absolute atomic E-state index is 0.365. The molecule has 10 heavy (non-hydrogen) atoms. The zero-order valence-corrected chi connectivity index (χ0v) is 6.47. The summed E-state index contributed by atoms with van der Waals surface area (Å²) in [4.78, 5) is 4.09. The van der Waals surface area contributed by atoms with Gasteiger partial charge in [0.2, 0.25) is 5.28 Å². The average molecular weight is 158 g/mol. The van der Waals surface area contributed by atoms with Gasteiger partial charge in [0, 0.05) is 13.0 Å². The molecule has 0 N–H and O–H groups in total. The Morgan fingerprint density at radius 1 is 1.60 bits per heavy atom. The van der Waals surface area contributed by atoms with Gasteiger partial charge in [0.05, 0.1) is 0 Å². The highest BCUT2D eigenvalue weighted by atomic mass is 35.5. The summed E-state index contributed by atoms with van der Waals surface area (Å²) in [6, 6.07) is 0. The third-order valence-electron chi connectivity index (χ3n) is 1.71. The van der Waals surface area contributed by atoms with Gasteiger partial charge in [0.1, 0.15) is 5.82 Å². The van der Waals surface area contributed by atoms with Crippen molar-refractivity contribution in [1.82, 2.24) is 14.8 Å². The van der Waals surface area contributed by atoms with Crippen molar-refractivity contribution in [3.63, 3.8) is 0 Å². The Hall–Kier alpha value is -0.570. The standard InChI is InChI=1S/C6H8ClN3/c1-10-5(4-2-3-4)8-6(7)9-10/h4H,2-3H2,1H3.